The van der Waals surface area contributed by atoms with Gasteiger partial charge in [0.2, 0.25) is 0 Å². The van der Waals surface area contributed by atoms with Gasteiger partial charge in [0.15, 0.2) is 0 Å². The molecule has 6 aromatic rings. The van der Waals surface area contributed by atoms with Crippen LogP contribution in [0.5, 0.6) is 0 Å². The molecule has 2 aliphatic carbocycles. The van der Waals surface area contributed by atoms with E-state index in [0.717, 1.165) is 34.9 Å². The van der Waals surface area contributed by atoms with Crippen molar-refractivity contribution >= 4 is 69.8 Å². The zero-order valence-corrected chi connectivity index (χ0v) is 33.0. The Bertz CT molecular complexity index is 2850. The third-order valence-electron chi connectivity index (χ3n) is 11.0. The predicted octanol–water partition coefficient (Wildman–Crippen LogP) is 15.9. The highest BCUT2D eigenvalue weighted by Crippen LogP contribution is 2.56. The molecule has 0 saturated heterocycles. The standard InChI is InChI=1S/C55H46S/c1-39(42-30-18-13-14-20-32-44(46-34-22-21-33-45(42)46)41-28-16-10-6-5-7-11-17-29-41)27-15-9-8-12-19-31-43-40(2)55(3,4)53-47-35-23-24-36-48(47)54-52(51(43)53)49-37-25-26-38-50(49)56-54/h5-6,8-27,29-38H,1-2,7,28H2,3-4H3/b6-5-,9-8+,14-13?,16-10-,17-11-,18-13?,19-12+,20-14?,27-15-,30-18?,32-20?,41-29+,42-30?,43-31+,44-32?,45-42?,46-44?. The third-order valence-corrected chi connectivity index (χ3v) is 12.2. The number of benzene rings is 4. The maximum Gasteiger partial charge on any atom is 0.0440 e. The highest BCUT2D eigenvalue weighted by atomic mass is 32.1. The molecule has 0 unspecified atom stereocenters. The third kappa shape index (κ3) is 7.03. The molecule has 0 fully saturated rings. The van der Waals surface area contributed by atoms with Gasteiger partial charge in [-0.2, -0.15) is 0 Å². The first-order valence-corrected chi connectivity index (χ1v) is 20.3. The smallest absolute Gasteiger partial charge is 0.0440 e. The molecular formula is C55H46S. The minimum atomic E-state index is -0.189. The van der Waals surface area contributed by atoms with Crippen molar-refractivity contribution in [1.82, 2.24) is 0 Å². The first-order chi connectivity index (χ1) is 27.4. The Morgan fingerprint density at radius 1 is 0.643 bits per heavy atom. The van der Waals surface area contributed by atoms with Crippen molar-refractivity contribution in [3.8, 4) is 0 Å². The lowest BCUT2D eigenvalue weighted by molar-refractivity contribution is 0.669. The van der Waals surface area contributed by atoms with Gasteiger partial charge in [0, 0.05) is 25.6 Å². The maximum atomic E-state index is 4.69. The molecule has 0 aliphatic heterocycles. The topological polar surface area (TPSA) is 0 Å². The number of hydrogen-bond acceptors (Lipinski definition) is 1. The van der Waals surface area contributed by atoms with Gasteiger partial charge in [-0.25, -0.2) is 0 Å². The van der Waals surface area contributed by atoms with Crippen LogP contribution in [0, 0.1) is 0 Å². The molecule has 8 rings (SSSR count). The fourth-order valence-corrected chi connectivity index (χ4v) is 9.40. The van der Waals surface area contributed by atoms with Crippen molar-refractivity contribution in [2.45, 2.75) is 32.1 Å². The van der Waals surface area contributed by atoms with Gasteiger partial charge < -0.3 is 0 Å². The SMILES string of the molecule is C=C(\C=C/C=C/C=C/C=C1\C(=C)C(C)(C)c2c1c1c3ccccc3sc1c1ccccc21)c1ccccccc(/C2=C/C=C\C/C=C\C=C/C2)c2ccccc12. The van der Waals surface area contributed by atoms with Gasteiger partial charge in [-0.05, 0) is 85.0 Å². The van der Waals surface area contributed by atoms with E-state index in [1.165, 1.54) is 64.2 Å². The molecule has 0 nitrogen and oxygen atoms in total. The number of hydrogen-bond donors (Lipinski definition) is 0. The molecule has 0 bridgehead atoms. The van der Waals surface area contributed by atoms with Crippen LogP contribution in [-0.2, 0) is 5.41 Å². The van der Waals surface area contributed by atoms with Crippen LogP contribution >= 0.6 is 11.3 Å². The lowest BCUT2D eigenvalue weighted by Crippen LogP contribution is -2.14. The number of fused-ring (bicyclic) bond motifs is 9. The Hall–Kier alpha value is -6.28. The van der Waals surface area contributed by atoms with Gasteiger partial charge in [0.25, 0.3) is 0 Å². The van der Waals surface area contributed by atoms with E-state index in [9.17, 15) is 0 Å². The molecule has 0 saturated carbocycles. The summed E-state index contributed by atoms with van der Waals surface area (Å²) in [5, 5.41) is 7.69. The van der Waals surface area contributed by atoms with Crippen LogP contribution in [0.2, 0.25) is 0 Å². The Morgan fingerprint density at radius 2 is 1.29 bits per heavy atom. The molecule has 1 aromatic heterocycles. The van der Waals surface area contributed by atoms with Crippen LogP contribution in [0.25, 0.3) is 58.4 Å². The summed E-state index contributed by atoms with van der Waals surface area (Å²) < 4.78 is 2.68. The molecule has 0 N–H and O–H groups in total. The van der Waals surface area contributed by atoms with Crippen molar-refractivity contribution in [2.24, 2.45) is 0 Å². The zero-order chi connectivity index (χ0) is 38.5. The highest BCUT2D eigenvalue weighted by Gasteiger charge is 2.40. The van der Waals surface area contributed by atoms with E-state index in [2.05, 4.69) is 215 Å². The minimum absolute atomic E-state index is 0.189. The van der Waals surface area contributed by atoms with Crippen LogP contribution in [0.15, 0.2) is 213 Å². The van der Waals surface area contributed by atoms with Gasteiger partial charge in [-0.15, -0.1) is 11.3 Å². The maximum absolute atomic E-state index is 4.69. The second kappa shape index (κ2) is 16.2. The first-order valence-electron chi connectivity index (χ1n) is 19.5. The van der Waals surface area contributed by atoms with Gasteiger partial charge in [-0.1, -0.05) is 215 Å². The summed E-state index contributed by atoms with van der Waals surface area (Å²) in [7, 11) is 0. The molecule has 1 heterocycles. The number of allylic oxidation sites excluding steroid dienone is 18. The molecule has 0 radical (unpaired) electrons. The Balaban J connectivity index is 1.11. The van der Waals surface area contributed by atoms with Gasteiger partial charge in [0.05, 0.1) is 0 Å². The molecule has 0 spiro atoms. The van der Waals surface area contributed by atoms with Crippen molar-refractivity contribution in [2.75, 3.05) is 0 Å². The van der Waals surface area contributed by atoms with Crippen LogP contribution in [-0.4, -0.2) is 0 Å². The molecule has 56 heavy (non-hydrogen) atoms. The molecule has 5 aromatic carbocycles. The second-order valence-electron chi connectivity index (χ2n) is 14.8. The average molecular weight is 739 g/mol. The summed E-state index contributed by atoms with van der Waals surface area (Å²) in [6.07, 6.45) is 32.0. The summed E-state index contributed by atoms with van der Waals surface area (Å²) in [5.74, 6) is 0. The van der Waals surface area contributed by atoms with Gasteiger partial charge >= 0.3 is 0 Å². The second-order valence-corrected chi connectivity index (χ2v) is 15.9. The normalized spacial score (nSPS) is 18.9. The summed E-state index contributed by atoms with van der Waals surface area (Å²) in [6, 6.07) is 39.2. The average Bonchev–Trinajstić information content (AvgIpc) is 3.70. The van der Waals surface area contributed by atoms with Crippen LogP contribution in [0.1, 0.15) is 48.9 Å². The molecule has 2 aliphatic rings. The largest absolute Gasteiger partial charge is 0.135 e. The van der Waals surface area contributed by atoms with Crippen LogP contribution in [0.3, 0.4) is 0 Å². The quantitative estimate of drug-likeness (QED) is 0.149. The summed E-state index contributed by atoms with van der Waals surface area (Å²) in [6.45, 7) is 13.9. The monoisotopic (exact) mass is 738 g/mol. The van der Waals surface area contributed by atoms with E-state index in [0.29, 0.717) is 0 Å². The fraction of sp³-hybridized carbons (Fsp3) is 0.0909. The van der Waals surface area contributed by atoms with E-state index >= 15 is 0 Å². The Kier molecular flexibility index (Phi) is 10.6. The lowest BCUT2D eigenvalue weighted by atomic mass is 9.80. The van der Waals surface area contributed by atoms with Crippen molar-refractivity contribution in [3.05, 3.63) is 235 Å². The van der Waals surface area contributed by atoms with Gasteiger partial charge in [-0.3, -0.25) is 0 Å². The van der Waals surface area contributed by atoms with E-state index in [1.807, 2.05) is 11.3 Å². The van der Waals surface area contributed by atoms with E-state index in [-0.39, 0.29) is 5.41 Å². The fourth-order valence-electron chi connectivity index (χ4n) is 8.15. The Morgan fingerprint density at radius 3 is 2.12 bits per heavy atom. The van der Waals surface area contributed by atoms with E-state index < -0.39 is 0 Å². The lowest BCUT2D eigenvalue weighted by Gasteiger charge is -2.22. The number of thiophene rings is 1. The van der Waals surface area contributed by atoms with Crippen molar-refractivity contribution in [3.63, 3.8) is 0 Å². The van der Waals surface area contributed by atoms with Crippen molar-refractivity contribution in [1.29, 1.82) is 0 Å². The molecular weight excluding hydrogens is 693 g/mol. The first kappa shape index (κ1) is 36.7. The van der Waals surface area contributed by atoms with Gasteiger partial charge in [0.1, 0.15) is 0 Å². The molecule has 272 valence electrons. The summed E-state index contributed by atoms with van der Waals surface area (Å²) in [4.78, 5) is 0. The predicted molar refractivity (Wildman–Crippen MR) is 250 cm³/mol. The van der Waals surface area contributed by atoms with E-state index in [1.54, 1.807) is 0 Å². The van der Waals surface area contributed by atoms with Crippen LogP contribution < -0.4 is 0 Å². The van der Waals surface area contributed by atoms with Crippen molar-refractivity contribution < 1.29 is 0 Å². The number of rotatable bonds is 6. The molecule has 0 atom stereocenters. The zero-order valence-electron chi connectivity index (χ0n) is 32.2. The molecule has 1 heteroatoms. The summed E-state index contributed by atoms with van der Waals surface area (Å²) in [5.41, 5.74) is 9.44. The Labute approximate surface area is 335 Å². The molecule has 0 amide bonds. The van der Waals surface area contributed by atoms with Crippen LogP contribution in [0.4, 0.5) is 0 Å². The highest BCUT2D eigenvalue weighted by molar-refractivity contribution is 7.26. The van der Waals surface area contributed by atoms with E-state index in [4.69, 9.17) is 6.58 Å². The summed E-state index contributed by atoms with van der Waals surface area (Å²) >= 11 is 1.90. The minimum Gasteiger partial charge on any atom is -0.135 e.